The van der Waals surface area contributed by atoms with Crippen molar-refractivity contribution in [1.29, 1.82) is 10.5 Å². The molecule has 0 spiro atoms. The van der Waals surface area contributed by atoms with Crippen LogP contribution in [0.4, 0.5) is 0 Å². The Morgan fingerprint density at radius 2 is 0.800 bits per heavy atom. The number of aromatic nitrogens is 3. The number of nitriles is 2. The first kappa shape index (κ1) is 31.8. The molecule has 0 aliphatic rings. The second kappa shape index (κ2) is 13.0. The zero-order valence-corrected chi connectivity index (χ0v) is 29.5. The van der Waals surface area contributed by atoms with E-state index in [9.17, 15) is 10.5 Å². The summed E-state index contributed by atoms with van der Waals surface area (Å²) in [5.74, 6) is 0. The molecule has 0 bridgehead atoms. The zero-order chi connectivity index (χ0) is 36.9. The fourth-order valence-electron chi connectivity index (χ4n) is 8.02. The van der Waals surface area contributed by atoms with Crippen molar-refractivity contribution in [3.63, 3.8) is 0 Å². The number of nitrogens with zero attached hydrogens (tertiary/aromatic N) is 5. The van der Waals surface area contributed by atoms with E-state index in [2.05, 4.69) is 166 Å². The molecule has 3 aromatic heterocycles. The van der Waals surface area contributed by atoms with E-state index in [1.54, 1.807) is 24.5 Å². The highest BCUT2D eigenvalue weighted by Gasteiger charge is 2.22. The third kappa shape index (κ3) is 5.31. The number of para-hydroxylation sites is 1. The van der Waals surface area contributed by atoms with E-state index >= 15 is 0 Å². The molecule has 0 fully saturated rings. The quantitative estimate of drug-likeness (QED) is 0.179. The number of hydrogen-bond donors (Lipinski definition) is 0. The molecule has 0 aliphatic heterocycles. The number of rotatable bonds is 5. The maximum absolute atomic E-state index is 9.45. The van der Waals surface area contributed by atoms with Crippen LogP contribution in [0.15, 0.2) is 176 Å². The smallest absolute Gasteiger partial charge is 0.0992 e. The molecule has 0 saturated carbocycles. The van der Waals surface area contributed by atoms with Gasteiger partial charge in [-0.2, -0.15) is 10.5 Å². The van der Waals surface area contributed by atoms with Gasteiger partial charge in [0.1, 0.15) is 0 Å². The summed E-state index contributed by atoms with van der Waals surface area (Å²) in [4.78, 5) is 9.06. The summed E-state index contributed by atoms with van der Waals surface area (Å²) in [7, 11) is 0. The Morgan fingerprint density at radius 3 is 1.24 bits per heavy atom. The monoisotopic (exact) mass is 699 g/mol. The fourth-order valence-corrected chi connectivity index (χ4v) is 8.02. The molecule has 5 heteroatoms. The van der Waals surface area contributed by atoms with Crippen molar-refractivity contribution in [3.05, 3.63) is 187 Å². The molecule has 5 nitrogen and oxygen atoms in total. The Labute approximate surface area is 317 Å². The van der Waals surface area contributed by atoms with Crippen LogP contribution in [-0.4, -0.2) is 14.5 Å². The Hall–Kier alpha value is -7.86. The summed E-state index contributed by atoms with van der Waals surface area (Å²) < 4.78 is 2.41. The molecule has 0 aliphatic carbocycles. The van der Waals surface area contributed by atoms with Crippen LogP contribution in [0.3, 0.4) is 0 Å². The van der Waals surface area contributed by atoms with Gasteiger partial charge in [-0.15, -0.1) is 0 Å². The van der Waals surface area contributed by atoms with Crippen LogP contribution < -0.4 is 0 Å². The first-order valence-corrected chi connectivity index (χ1v) is 18.1. The van der Waals surface area contributed by atoms with Crippen molar-refractivity contribution < 1.29 is 0 Å². The number of benzene rings is 7. The van der Waals surface area contributed by atoms with E-state index in [4.69, 9.17) is 0 Å². The number of hydrogen-bond acceptors (Lipinski definition) is 4. The van der Waals surface area contributed by atoms with Gasteiger partial charge in [0.05, 0.1) is 45.7 Å². The topological polar surface area (TPSA) is 78.3 Å². The first-order valence-electron chi connectivity index (χ1n) is 18.1. The van der Waals surface area contributed by atoms with Crippen LogP contribution in [-0.2, 0) is 0 Å². The van der Waals surface area contributed by atoms with E-state index < -0.39 is 0 Å². The predicted octanol–water partition coefficient (Wildman–Crippen LogP) is 12.3. The van der Waals surface area contributed by atoms with E-state index in [0.717, 1.165) is 61.5 Å². The minimum absolute atomic E-state index is 0.589. The zero-order valence-electron chi connectivity index (χ0n) is 29.5. The van der Waals surface area contributed by atoms with Crippen molar-refractivity contribution in [2.24, 2.45) is 0 Å². The summed E-state index contributed by atoms with van der Waals surface area (Å²) in [6, 6.07) is 61.3. The lowest BCUT2D eigenvalue weighted by atomic mass is 9.91. The Balaban J connectivity index is 1.23. The van der Waals surface area contributed by atoms with Crippen LogP contribution in [0, 0.1) is 22.7 Å². The normalized spacial score (nSPS) is 11.2. The second-order valence-corrected chi connectivity index (χ2v) is 13.6. The van der Waals surface area contributed by atoms with Crippen molar-refractivity contribution in [1.82, 2.24) is 14.5 Å². The van der Waals surface area contributed by atoms with Gasteiger partial charge in [-0.1, -0.05) is 115 Å². The SMILES string of the molecule is N#Cc1ccnc(-c2ccc(-c3cc4c(c5ccccc35)c3c5ccccc5c(-c5ccc(-c6cc(C#N)ccn6)cc5)cc3n4-c3ccccc3)cc2)c1. The van der Waals surface area contributed by atoms with E-state index in [-0.39, 0.29) is 0 Å². The first-order chi connectivity index (χ1) is 27.2. The highest BCUT2D eigenvalue weighted by Crippen LogP contribution is 2.46. The van der Waals surface area contributed by atoms with Crippen molar-refractivity contribution in [2.45, 2.75) is 0 Å². The van der Waals surface area contributed by atoms with Gasteiger partial charge in [0.25, 0.3) is 0 Å². The average molecular weight is 700 g/mol. The molecule has 3 heterocycles. The maximum atomic E-state index is 9.45. The molecular weight excluding hydrogens is 671 g/mol. The molecule has 0 atom stereocenters. The molecule has 10 aromatic rings. The third-order valence-electron chi connectivity index (χ3n) is 10.6. The Kier molecular flexibility index (Phi) is 7.51. The van der Waals surface area contributed by atoms with Crippen molar-refractivity contribution >= 4 is 43.4 Å². The standard InChI is InChI=1S/C50H29N5/c51-30-32-22-24-53-45(26-32)36-18-14-34(15-19-36)43-28-47-49(41-12-6-4-10-39(41)43)50-42-13-7-5-11-40(42)44(29-48(50)55(47)38-8-2-1-3-9-38)35-16-20-37(21-17-35)46-27-33(31-52)23-25-54-46/h1-29H. The van der Waals surface area contributed by atoms with Crippen molar-refractivity contribution in [2.75, 3.05) is 0 Å². The molecule has 0 saturated heterocycles. The lowest BCUT2D eigenvalue weighted by molar-refractivity contribution is 1.18. The number of pyridine rings is 2. The maximum Gasteiger partial charge on any atom is 0.0992 e. The van der Waals surface area contributed by atoms with Crippen LogP contribution in [0.2, 0.25) is 0 Å². The molecule has 0 N–H and O–H groups in total. The molecule has 0 amide bonds. The summed E-state index contributed by atoms with van der Waals surface area (Å²) >= 11 is 0. The van der Waals surface area contributed by atoms with Gasteiger partial charge in [-0.25, -0.2) is 0 Å². The van der Waals surface area contributed by atoms with E-state index in [1.807, 2.05) is 12.1 Å². The highest BCUT2D eigenvalue weighted by molar-refractivity contribution is 6.31. The van der Waals surface area contributed by atoms with Crippen LogP contribution in [0.25, 0.3) is 93.8 Å². The summed E-state index contributed by atoms with van der Waals surface area (Å²) in [5, 5.41) is 26.1. The molecule has 10 rings (SSSR count). The predicted molar refractivity (Wildman–Crippen MR) is 223 cm³/mol. The minimum atomic E-state index is 0.589. The van der Waals surface area contributed by atoms with Crippen molar-refractivity contribution in [3.8, 4) is 62.6 Å². The van der Waals surface area contributed by atoms with Crippen LogP contribution >= 0.6 is 0 Å². The van der Waals surface area contributed by atoms with Gasteiger partial charge in [-0.05, 0) is 92.3 Å². The molecular formula is C50H29N5. The van der Waals surface area contributed by atoms with Crippen LogP contribution in [0.1, 0.15) is 11.1 Å². The van der Waals surface area contributed by atoms with Gasteiger partial charge in [0.2, 0.25) is 0 Å². The molecule has 55 heavy (non-hydrogen) atoms. The lowest BCUT2D eigenvalue weighted by Crippen LogP contribution is -1.95. The Morgan fingerprint density at radius 1 is 0.400 bits per heavy atom. The third-order valence-corrected chi connectivity index (χ3v) is 10.6. The Bertz CT molecular complexity index is 3000. The largest absolute Gasteiger partial charge is 0.309 e. The van der Waals surface area contributed by atoms with Gasteiger partial charge in [-0.3, -0.25) is 9.97 Å². The molecule has 0 radical (unpaired) electrons. The van der Waals surface area contributed by atoms with Gasteiger partial charge in [0, 0.05) is 40.0 Å². The fraction of sp³-hybridized carbons (Fsp3) is 0. The summed E-state index contributed by atoms with van der Waals surface area (Å²) in [5.41, 5.74) is 12.5. The second-order valence-electron chi connectivity index (χ2n) is 13.6. The molecule has 254 valence electrons. The van der Waals surface area contributed by atoms with Gasteiger partial charge in [0.15, 0.2) is 0 Å². The lowest BCUT2D eigenvalue weighted by Gasteiger charge is -2.13. The van der Waals surface area contributed by atoms with Gasteiger partial charge < -0.3 is 4.57 Å². The number of fused-ring (bicyclic) bond motifs is 7. The van der Waals surface area contributed by atoms with Crippen LogP contribution in [0.5, 0.6) is 0 Å². The molecule has 7 aromatic carbocycles. The van der Waals surface area contributed by atoms with Gasteiger partial charge >= 0.3 is 0 Å². The summed E-state index contributed by atoms with van der Waals surface area (Å²) in [6.07, 6.45) is 3.37. The average Bonchev–Trinajstić information content (AvgIpc) is 3.61. The minimum Gasteiger partial charge on any atom is -0.309 e. The van der Waals surface area contributed by atoms with E-state index in [0.29, 0.717) is 11.1 Å². The summed E-state index contributed by atoms with van der Waals surface area (Å²) in [6.45, 7) is 0. The van der Waals surface area contributed by atoms with E-state index in [1.165, 1.54) is 32.3 Å². The molecule has 0 unspecified atom stereocenters. The highest BCUT2D eigenvalue weighted by atomic mass is 15.0.